The molecule has 23 heavy (non-hydrogen) atoms. The number of Topliss-reactive ketones (excluding diaryl/α,β-unsaturated/α-hetero) is 1. The zero-order chi connectivity index (χ0) is 16.0. The molecule has 2 aliphatic rings. The van der Waals surface area contributed by atoms with E-state index in [1.807, 2.05) is 6.92 Å². The molecule has 1 aromatic heterocycles. The summed E-state index contributed by atoms with van der Waals surface area (Å²) in [5.74, 6) is 1.81. The Labute approximate surface area is 144 Å². The smallest absolute Gasteiger partial charge is 0.192 e. The van der Waals surface area contributed by atoms with Crippen molar-refractivity contribution in [1.82, 2.24) is 14.8 Å². The van der Waals surface area contributed by atoms with E-state index in [4.69, 9.17) is 11.6 Å². The lowest BCUT2D eigenvalue weighted by atomic mass is 10.1. The van der Waals surface area contributed by atoms with E-state index < -0.39 is 0 Å². The summed E-state index contributed by atoms with van der Waals surface area (Å²) in [6.07, 6.45) is 4.83. The Hall–Kier alpha value is -1.33. The first-order valence-electron chi connectivity index (χ1n) is 8.04. The average Bonchev–Trinajstić information content (AvgIpc) is 3.46. The minimum absolute atomic E-state index is 0.102. The van der Waals surface area contributed by atoms with Crippen molar-refractivity contribution in [2.75, 3.05) is 0 Å². The molecule has 2 aromatic rings. The summed E-state index contributed by atoms with van der Waals surface area (Å²) >= 11 is 7.41. The molecule has 120 valence electrons. The van der Waals surface area contributed by atoms with Crippen LogP contribution in [0.5, 0.6) is 0 Å². The van der Waals surface area contributed by atoms with Gasteiger partial charge in [0.15, 0.2) is 10.9 Å². The molecule has 0 aliphatic heterocycles. The van der Waals surface area contributed by atoms with Crippen LogP contribution >= 0.6 is 23.4 Å². The quantitative estimate of drug-likeness (QED) is 0.570. The number of rotatable bonds is 6. The Morgan fingerprint density at radius 2 is 1.91 bits per heavy atom. The molecule has 2 saturated carbocycles. The molecule has 4 nitrogen and oxygen atoms in total. The molecule has 6 heteroatoms. The second-order valence-electron chi connectivity index (χ2n) is 6.35. The fraction of sp³-hybridized carbons (Fsp3) is 0.471. The van der Waals surface area contributed by atoms with Gasteiger partial charge in [-0.05, 0) is 56.9 Å². The van der Waals surface area contributed by atoms with Gasteiger partial charge < -0.3 is 4.57 Å². The van der Waals surface area contributed by atoms with Gasteiger partial charge in [0.1, 0.15) is 5.82 Å². The van der Waals surface area contributed by atoms with Gasteiger partial charge in [0.2, 0.25) is 0 Å². The van der Waals surface area contributed by atoms with Crippen molar-refractivity contribution < 1.29 is 4.79 Å². The van der Waals surface area contributed by atoms with E-state index in [2.05, 4.69) is 14.8 Å². The maximum atomic E-state index is 12.6. The number of carbonyl (C=O) groups is 1. The summed E-state index contributed by atoms with van der Waals surface area (Å²) in [7, 11) is 0. The van der Waals surface area contributed by atoms with E-state index >= 15 is 0 Å². The topological polar surface area (TPSA) is 47.8 Å². The van der Waals surface area contributed by atoms with Crippen molar-refractivity contribution in [2.24, 2.45) is 0 Å². The molecule has 0 N–H and O–H groups in total. The van der Waals surface area contributed by atoms with Crippen LogP contribution in [0, 0.1) is 0 Å². The number of aromatic nitrogens is 3. The normalized spacial score (nSPS) is 18.9. The fourth-order valence-electron chi connectivity index (χ4n) is 2.73. The van der Waals surface area contributed by atoms with E-state index in [0.29, 0.717) is 22.5 Å². The van der Waals surface area contributed by atoms with Gasteiger partial charge in [-0.2, -0.15) is 0 Å². The van der Waals surface area contributed by atoms with E-state index in [1.165, 1.54) is 37.4 Å². The lowest BCUT2D eigenvalue weighted by Crippen LogP contribution is -2.14. The van der Waals surface area contributed by atoms with Crippen molar-refractivity contribution >= 4 is 29.1 Å². The van der Waals surface area contributed by atoms with Crippen LogP contribution < -0.4 is 0 Å². The van der Waals surface area contributed by atoms with Gasteiger partial charge in [-0.15, -0.1) is 10.2 Å². The van der Waals surface area contributed by atoms with Crippen LogP contribution in [0.15, 0.2) is 29.4 Å². The molecule has 1 aromatic carbocycles. The summed E-state index contributed by atoms with van der Waals surface area (Å²) in [6.45, 7) is 1.93. The summed E-state index contributed by atoms with van der Waals surface area (Å²) < 4.78 is 2.29. The first-order valence-corrected chi connectivity index (χ1v) is 9.30. The first-order chi connectivity index (χ1) is 11.1. The SMILES string of the molecule is C[C@H](Sc1nnc(C2CC2)n1C1CC1)C(=O)c1ccc(Cl)cc1. The monoisotopic (exact) mass is 347 g/mol. The summed E-state index contributed by atoms with van der Waals surface area (Å²) in [5, 5.41) is 10.1. The van der Waals surface area contributed by atoms with Gasteiger partial charge in [0.05, 0.1) is 5.25 Å². The van der Waals surface area contributed by atoms with Crippen LogP contribution in [-0.4, -0.2) is 25.8 Å². The van der Waals surface area contributed by atoms with Crippen LogP contribution in [-0.2, 0) is 0 Å². The minimum Gasteiger partial charge on any atom is -0.303 e. The largest absolute Gasteiger partial charge is 0.303 e. The van der Waals surface area contributed by atoms with Crippen molar-refractivity contribution in [3.8, 4) is 0 Å². The summed E-state index contributed by atoms with van der Waals surface area (Å²) in [6, 6.07) is 7.61. The Balaban J connectivity index is 1.53. The van der Waals surface area contributed by atoms with Crippen LogP contribution in [0.4, 0.5) is 0 Å². The van der Waals surface area contributed by atoms with Crippen molar-refractivity contribution in [3.05, 3.63) is 40.7 Å². The molecule has 0 saturated heterocycles. The predicted octanol–water partition coefficient (Wildman–Crippen LogP) is 4.51. The van der Waals surface area contributed by atoms with Gasteiger partial charge >= 0.3 is 0 Å². The number of hydrogen-bond acceptors (Lipinski definition) is 4. The molecule has 0 radical (unpaired) electrons. The van der Waals surface area contributed by atoms with Gasteiger partial charge in [-0.3, -0.25) is 4.79 Å². The third-order valence-corrected chi connectivity index (χ3v) is 5.63. The van der Waals surface area contributed by atoms with Crippen molar-refractivity contribution in [3.63, 3.8) is 0 Å². The molecule has 0 amide bonds. The number of carbonyl (C=O) groups excluding carboxylic acids is 1. The highest BCUT2D eigenvalue weighted by atomic mass is 35.5. The van der Waals surface area contributed by atoms with E-state index in [0.717, 1.165) is 11.0 Å². The summed E-state index contributed by atoms with van der Waals surface area (Å²) in [5.41, 5.74) is 0.689. The maximum Gasteiger partial charge on any atom is 0.192 e. The maximum absolute atomic E-state index is 12.6. The van der Waals surface area contributed by atoms with E-state index in [1.54, 1.807) is 24.3 Å². The van der Waals surface area contributed by atoms with E-state index in [-0.39, 0.29) is 11.0 Å². The lowest BCUT2D eigenvalue weighted by Gasteiger charge is -2.12. The van der Waals surface area contributed by atoms with Gasteiger partial charge in [-0.25, -0.2) is 0 Å². The second-order valence-corrected chi connectivity index (χ2v) is 8.09. The molecular formula is C17H18ClN3OS. The van der Waals surface area contributed by atoms with Gasteiger partial charge in [0, 0.05) is 22.5 Å². The molecule has 1 atom stereocenters. The molecule has 2 fully saturated rings. The van der Waals surface area contributed by atoms with Crippen LogP contribution in [0.25, 0.3) is 0 Å². The second kappa shape index (κ2) is 5.95. The molecular weight excluding hydrogens is 330 g/mol. The third kappa shape index (κ3) is 3.17. The zero-order valence-electron chi connectivity index (χ0n) is 12.9. The van der Waals surface area contributed by atoms with Gasteiger partial charge in [0.25, 0.3) is 0 Å². The van der Waals surface area contributed by atoms with E-state index in [9.17, 15) is 4.79 Å². The molecule has 2 aliphatic carbocycles. The van der Waals surface area contributed by atoms with Crippen molar-refractivity contribution in [2.45, 2.75) is 55.0 Å². The average molecular weight is 348 g/mol. The number of ketones is 1. The van der Waals surface area contributed by atoms with Crippen LogP contribution in [0.2, 0.25) is 5.02 Å². The highest BCUT2D eigenvalue weighted by Crippen LogP contribution is 2.46. The number of thioether (sulfide) groups is 1. The molecule has 0 spiro atoms. The van der Waals surface area contributed by atoms with Crippen LogP contribution in [0.1, 0.15) is 60.7 Å². The standard InChI is InChI=1S/C17H18ClN3OS/c1-10(15(22)11-4-6-13(18)7-5-11)23-17-20-19-16(12-2-3-12)21(17)14-8-9-14/h4-7,10,12,14H,2-3,8-9H2,1H3/t10-/m0/s1. The molecule has 1 heterocycles. The lowest BCUT2D eigenvalue weighted by molar-refractivity contribution is 0.0994. The Morgan fingerprint density at radius 1 is 1.22 bits per heavy atom. The summed E-state index contributed by atoms with van der Waals surface area (Å²) in [4.78, 5) is 12.6. The molecule has 0 unspecified atom stereocenters. The molecule has 0 bridgehead atoms. The van der Waals surface area contributed by atoms with Crippen LogP contribution in [0.3, 0.4) is 0 Å². The van der Waals surface area contributed by atoms with Crippen molar-refractivity contribution in [1.29, 1.82) is 0 Å². The third-order valence-electron chi connectivity index (χ3n) is 4.33. The highest BCUT2D eigenvalue weighted by molar-refractivity contribution is 8.00. The zero-order valence-corrected chi connectivity index (χ0v) is 14.5. The highest BCUT2D eigenvalue weighted by Gasteiger charge is 2.37. The number of hydrogen-bond donors (Lipinski definition) is 0. The predicted molar refractivity (Wildman–Crippen MR) is 91.4 cm³/mol. The Kier molecular flexibility index (Phi) is 3.93. The Morgan fingerprint density at radius 3 is 2.52 bits per heavy atom. The fourth-order valence-corrected chi connectivity index (χ4v) is 3.85. The minimum atomic E-state index is -0.190. The first kappa shape index (κ1) is 15.2. The van der Waals surface area contributed by atoms with Gasteiger partial charge in [-0.1, -0.05) is 23.4 Å². The number of benzene rings is 1. The number of halogens is 1. The molecule has 4 rings (SSSR count). The number of nitrogens with zero attached hydrogens (tertiary/aromatic N) is 3. The Bertz CT molecular complexity index is 735.